The first kappa shape index (κ1) is 24.7. The fourth-order valence-corrected chi connectivity index (χ4v) is 5.67. The van der Waals surface area contributed by atoms with Crippen molar-refractivity contribution in [1.82, 2.24) is 4.90 Å². The van der Waals surface area contributed by atoms with Crippen LogP contribution in [0.3, 0.4) is 0 Å². The third kappa shape index (κ3) is 4.39. The minimum Gasteiger partial charge on any atom is -0.454 e. The van der Waals surface area contributed by atoms with Crippen LogP contribution in [0.1, 0.15) is 41.6 Å². The number of benzene rings is 3. The number of rotatable bonds is 7. The first-order valence-corrected chi connectivity index (χ1v) is 13.0. The highest BCUT2D eigenvalue weighted by atomic mass is 16.7. The Hall–Kier alpha value is -4.66. The van der Waals surface area contributed by atoms with Crippen molar-refractivity contribution >= 4 is 34.9 Å². The van der Waals surface area contributed by atoms with Crippen molar-refractivity contribution < 1.29 is 28.7 Å². The van der Waals surface area contributed by atoms with Crippen LogP contribution < -0.4 is 19.7 Å². The van der Waals surface area contributed by atoms with E-state index in [0.717, 1.165) is 18.4 Å². The summed E-state index contributed by atoms with van der Waals surface area (Å²) in [6.45, 7) is -0.0315. The fourth-order valence-electron chi connectivity index (χ4n) is 5.67. The first-order valence-electron chi connectivity index (χ1n) is 13.0. The van der Waals surface area contributed by atoms with Gasteiger partial charge in [0.2, 0.25) is 18.6 Å². The average molecular weight is 526 g/mol. The van der Waals surface area contributed by atoms with Gasteiger partial charge in [0.25, 0.3) is 11.7 Å². The molecule has 1 saturated carbocycles. The molecule has 0 spiro atoms. The SMILES string of the molecule is O=C1C(=O)N(CC(=O)N(Cc2ccccc2)C2(C(=O)Nc3ccc4c(c3)OCO4)CCCC2)c2ccccc21. The molecule has 198 valence electrons. The number of anilines is 2. The van der Waals surface area contributed by atoms with Gasteiger partial charge in [-0.25, -0.2) is 0 Å². The molecule has 1 fully saturated rings. The summed E-state index contributed by atoms with van der Waals surface area (Å²) in [6, 6.07) is 21.3. The Morgan fingerprint density at radius 1 is 0.897 bits per heavy atom. The van der Waals surface area contributed by atoms with Crippen LogP contribution in [0.2, 0.25) is 0 Å². The molecule has 2 heterocycles. The van der Waals surface area contributed by atoms with Crippen LogP contribution in [-0.4, -0.2) is 47.3 Å². The number of nitrogens with zero attached hydrogens (tertiary/aromatic N) is 2. The van der Waals surface area contributed by atoms with Crippen molar-refractivity contribution in [3.8, 4) is 11.5 Å². The van der Waals surface area contributed by atoms with Crippen LogP contribution in [0.15, 0.2) is 72.8 Å². The maximum Gasteiger partial charge on any atom is 0.299 e. The molecule has 3 aliphatic rings. The summed E-state index contributed by atoms with van der Waals surface area (Å²) in [5.41, 5.74) is 0.955. The molecule has 0 aromatic heterocycles. The Kier molecular flexibility index (Phi) is 6.26. The quantitative estimate of drug-likeness (QED) is 0.469. The molecule has 3 aromatic carbocycles. The molecule has 0 saturated heterocycles. The Bertz CT molecular complexity index is 1460. The summed E-state index contributed by atoms with van der Waals surface area (Å²) in [7, 11) is 0. The third-order valence-electron chi connectivity index (χ3n) is 7.66. The van der Waals surface area contributed by atoms with Crippen LogP contribution in [0.25, 0.3) is 0 Å². The minimum atomic E-state index is -1.13. The maximum absolute atomic E-state index is 14.1. The summed E-state index contributed by atoms with van der Waals surface area (Å²) >= 11 is 0. The van der Waals surface area contributed by atoms with Gasteiger partial charge in [-0.15, -0.1) is 0 Å². The van der Waals surface area contributed by atoms with Gasteiger partial charge in [-0.05, 0) is 42.7 Å². The number of amides is 3. The van der Waals surface area contributed by atoms with Crippen LogP contribution in [0.5, 0.6) is 11.5 Å². The molecule has 1 aliphatic carbocycles. The van der Waals surface area contributed by atoms with Gasteiger partial charge in [0.05, 0.1) is 11.3 Å². The second-order valence-electron chi connectivity index (χ2n) is 9.96. The van der Waals surface area contributed by atoms with E-state index in [1.54, 1.807) is 47.4 Å². The van der Waals surface area contributed by atoms with E-state index in [1.165, 1.54) is 4.90 Å². The van der Waals surface area contributed by atoms with Crippen LogP contribution in [0.4, 0.5) is 11.4 Å². The number of ketones is 1. The Morgan fingerprint density at radius 2 is 1.62 bits per heavy atom. The molecule has 0 atom stereocenters. The molecular formula is C30H27N3O6. The molecule has 0 bridgehead atoms. The number of fused-ring (bicyclic) bond motifs is 2. The monoisotopic (exact) mass is 525 g/mol. The maximum atomic E-state index is 14.1. The molecular weight excluding hydrogens is 498 g/mol. The summed E-state index contributed by atoms with van der Waals surface area (Å²) in [4.78, 5) is 56.3. The number of Topliss-reactive ketones (excluding diaryl/α,β-unsaturated/α-hetero) is 1. The smallest absolute Gasteiger partial charge is 0.299 e. The zero-order valence-corrected chi connectivity index (χ0v) is 21.2. The number of carbonyl (C=O) groups is 4. The third-order valence-corrected chi connectivity index (χ3v) is 7.66. The molecule has 3 aromatic rings. The predicted molar refractivity (Wildman–Crippen MR) is 143 cm³/mol. The normalized spacial score (nSPS) is 16.8. The van der Waals surface area contributed by atoms with Gasteiger partial charge in [-0.3, -0.25) is 24.1 Å². The van der Waals surface area contributed by atoms with Crippen molar-refractivity contribution in [1.29, 1.82) is 0 Å². The van der Waals surface area contributed by atoms with Gasteiger partial charge in [0.15, 0.2) is 11.5 Å². The largest absolute Gasteiger partial charge is 0.454 e. The van der Waals surface area contributed by atoms with Crippen molar-refractivity contribution in [3.63, 3.8) is 0 Å². The summed E-state index contributed by atoms with van der Waals surface area (Å²) in [6.07, 6.45) is 2.50. The summed E-state index contributed by atoms with van der Waals surface area (Å²) < 4.78 is 10.8. The fraction of sp³-hybridized carbons (Fsp3) is 0.267. The Labute approximate surface area is 225 Å². The molecule has 9 heteroatoms. The number of nitrogens with one attached hydrogen (secondary N) is 1. The van der Waals surface area contributed by atoms with Gasteiger partial charge in [0, 0.05) is 18.3 Å². The van der Waals surface area contributed by atoms with Crippen molar-refractivity contribution in [2.24, 2.45) is 0 Å². The summed E-state index contributed by atoms with van der Waals surface area (Å²) in [5.74, 6) is -0.929. The van der Waals surface area contributed by atoms with Gasteiger partial charge < -0.3 is 19.7 Å². The lowest BCUT2D eigenvalue weighted by molar-refractivity contribution is -0.145. The zero-order chi connectivity index (χ0) is 27.0. The number of hydrogen-bond donors (Lipinski definition) is 1. The Morgan fingerprint density at radius 3 is 2.41 bits per heavy atom. The highest BCUT2D eigenvalue weighted by molar-refractivity contribution is 6.52. The molecule has 39 heavy (non-hydrogen) atoms. The Balaban J connectivity index is 1.33. The van der Waals surface area contributed by atoms with Crippen LogP contribution in [-0.2, 0) is 20.9 Å². The molecule has 1 N–H and O–H groups in total. The number of hydrogen-bond acceptors (Lipinski definition) is 6. The molecule has 3 amide bonds. The van der Waals surface area contributed by atoms with Crippen LogP contribution >= 0.6 is 0 Å². The van der Waals surface area contributed by atoms with E-state index in [4.69, 9.17) is 9.47 Å². The van der Waals surface area contributed by atoms with Crippen molar-refractivity contribution in [2.75, 3.05) is 23.6 Å². The second kappa shape index (κ2) is 9.90. The van der Waals surface area contributed by atoms with Crippen molar-refractivity contribution in [3.05, 3.63) is 83.9 Å². The highest BCUT2D eigenvalue weighted by Crippen LogP contribution is 2.40. The van der Waals surface area contributed by atoms with E-state index >= 15 is 0 Å². The van der Waals surface area contributed by atoms with E-state index in [2.05, 4.69) is 5.32 Å². The topological polar surface area (TPSA) is 105 Å². The second-order valence-corrected chi connectivity index (χ2v) is 9.96. The van der Waals surface area contributed by atoms with E-state index in [-0.39, 0.29) is 31.4 Å². The summed E-state index contributed by atoms with van der Waals surface area (Å²) in [5, 5.41) is 3.00. The number of ether oxygens (including phenoxy) is 2. The lowest BCUT2D eigenvalue weighted by atomic mass is 9.92. The number of carbonyl (C=O) groups excluding carboxylic acids is 4. The van der Waals surface area contributed by atoms with E-state index in [0.29, 0.717) is 35.7 Å². The van der Waals surface area contributed by atoms with Gasteiger partial charge >= 0.3 is 0 Å². The highest BCUT2D eigenvalue weighted by Gasteiger charge is 2.49. The average Bonchev–Trinajstić information content (AvgIpc) is 3.69. The van der Waals surface area contributed by atoms with E-state index in [9.17, 15) is 19.2 Å². The zero-order valence-electron chi connectivity index (χ0n) is 21.2. The van der Waals surface area contributed by atoms with Gasteiger partial charge in [0.1, 0.15) is 12.1 Å². The molecule has 2 aliphatic heterocycles. The number of para-hydroxylation sites is 1. The molecule has 0 unspecified atom stereocenters. The van der Waals surface area contributed by atoms with Gasteiger partial charge in [-0.2, -0.15) is 0 Å². The first-order chi connectivity index (χ1) is 19.0. The molecule has 0 radical (unpaired) electrons. The molecule has 9 nitrogen and oxygen atoms in total. The lowest BCUT2D eigenvalue weighted by Gasteiger charge is -2.41. The minimum absolute atomic E-state index is 0.122. The molecule has 6 rings (SSSR count). The van der Waals surface area contributed by atoms with E-state index in [1.807, 2.05) is 30.3 Å². The lowest BCUT2D eigenvalue weighted by Crippen LogP contribution is -2.59. The van der Waals surface area contributed by atoms with Gasteiger partial charge in [-0.1, -0.05) is 55.3 Å². The van der Waals surface area contributed by atoms with Crippen LogP contribution in [0, 0.1) is 0 Å². The standard InChI is InChI=1S/C30H27N3O6/c34-26(18-32-23-11-5-4-10-22(23)27(35)28(32)36)33(17-20-8-2-1-3-9-20)30(14-6-7-15-30)29(37)31-21-12-13-24-25(16-21)39-19-38-24/h1-5,8-13,16H,6-7,14-15,17-19H2,(H,31,37). The van der Waals surface area contributed by atoms with Crippen molar-refractivity contribution in [2.45, 2.75) is 37.8 Å². The van der Waals surface area contributed by atoms with E-state index < -0.39 is 23.1 Å². The predicted octanol–water partition coefficient (Wildman–Crippen LogP) is 3.92.